The van der Waals surface area contributed by atoms with E-state index in [2.05, 4.69) is 0 Å². The van der Waals surface area contributed by atoms with Crippen molar-refractivity contribution in [1.29, 1.82) is 0 Å². The summed E-state index contributed by atoms with van der Waals surface area (Å²) >= 11 is 0. The predicted octanol–water partition coefficient (Wildman–Crippen LogP) is 1.37. The van der Waals surface area contributed by atoms with Crippen molar-refractivity contribution in [3.05, 3.63) is 0 Å². The molecule has 304 valence electrons. The predicted molar refractivity (Wildman–Crippen MR) is 188 cm³/mol. The molecule has 0 radical (unpaired) electrons. The second kappa shape index (κ2) is 17.6. The van der Waals surface area contributed by atoms with Gasteiger partial charge in [-0.2, -0.15) is 0 Å². The molecule has 15 nitrogen and oxygen atoms in total. The van der Waals surface area contributed by atoms with Crippen molar-refractivity contribution in [1.82, 2.24) is 4.90 Å². The largest absolute Gasteiger partial charge is 0.459 e. The fraction of sp³-hybridized carbons (Fsp3) is 0.946. The standard InChI is InChI=1S/C37H67NO14/c1-14-25-36(9,44)30(41)20(4)27(39)18(2)16-37(45,47-13)32(52-34-28(40)24(38(10)11)15-19(3)48-34)21(5)29(22(6)33(43)50-25)51-26-17-35(8,46-12)31(42)23(7)49-26/h18-26,28-32,34,40-42,44-45H,14-17H2,1-13H3. The molecule has 3 saturated heterocycles. The van der Waals surface area contributed by atoms with Gasteiger partial charge in [0, 0.05) is 50.9 Å². The second-order valence-electron chi connectivity index (χ2n) is 16.2. The monoisotopic (exact) mass is 749 g/mol. The Labute approximate surface area is 309 Å². The average molecular weight is 750 g/mol. The number of likely N-dealkylation sites (N-methyl/N-ethyl adjacent to an activating group) is 1. The molecule has 0 aromatic carbocycles. The summed E-state index contributed by atoms with van der Waals surface area (Å²) in [4.78, 5) is 29.8. The van der Waals surface area contributed by atoms with Crippen LogP contribution in [0.3, 0.4) is 0 Å². The van der Waals surface area contributed by atoms with E-state index in [1.165, 1.54) is 28.1 Å². The van der Waals surface area contributed by atoms with Crippen LogP contribution in [0, 0.1) is 23.7 Å². The maximum Gasteiger partial charge on any atom is 0.311 e. The van der Waals surface area contributed by atoms with E-state index in [0.29, 0.717) is 6.42 Å². The van der Waals surface area contributed by atoms with Crippen molar-refractivity contribution < 1.29 is 68.3 Å². The highest BCUT2D eigenvalue weighted by Crippen LogP contribution is 2.41. The molecule has 15 heteroatoms. The molecule has 52 heavy (non-hydrogen) atoms. The van der Waals surface area contributed by atoms with Gasteiger partial charge in [-0.3, -0.25) is 9.59 Å². The highest BCUT2D eigenvalue weighted by molar-refractivity contribution is 5.83. The smallest absolute Gasteiger partial charge is 0.311 e. The van der Waals surface area contributed by atoms with Crippen LogP contribution in [0.5, 0.6) is 0 Å². The molecule has 18 unspecified atom stereocenters. The number of aliphatic hydroxyl groups excluding tert-OH is 3. The van der Waals surface area contributed by atoms with Gasteiger partial charge in [0.05, 0.1) is 35.9 Å². The van der Waals surface area contributed by atoms with Gasteiger partial charge in [-0.1, -0.05) is 27.7 Å². The van der Waals surface area contributed by atoms with Crippen LogP contribution in [0.25, 0.3) is 0 Å². The van der Waals surface area contributed by atoms with E-state index in [9.17, 15) is 35.1 Å². The van der Waals surface area contributed by atoms with Gasteiger partial charge >= 0.3 is 5.97 Å². The lowest BCUT2D eigenvalue weighted by Crippen LogP contribution is -2.62. The zero-order chi connectivity index (χ0) is 39.7. The number of nitrogens with zero attached hydrogens (tertiary/aromatic N) is 1. The highest BCUT2D eigenvalue weighted by atomic mass is 16.7. The van der Waals surface area contributed by atoms with Gasteiger partial charge in [-0.05, 0) is 61.6 Å². The molecule has 3 rings (SSSR count). The molecular formula is C37H67NO14. The van der Waals surface area contributed by atoms with Gasteiger partial charge in [-0.15, -0.1) is 0 Å². The zero-order valence-corrected chi connectivity index (χ0v) is 33.3. The van der Waals surface area contributed by atoms with Crippen molar-refractivity contribution in [2.75, 3.05) is 28.3 Å². The minimum atomic E-state index is -2.25. The molecule has 0 spiro atoms. The fourth-order valence-electron chi connectivity index (χ4n) is 8.23. The van der Waals surface area contributed by atoms with Gasteiger partial charge in [0.15, 0.2) is 18.4 Å². The number of hydrogen-bond acceptors (Lipinski definition) is 15. The van der Waals surface area contributed by atoms with Crippen LogP contribution >= 0.6 is 0 Å². The van der Waals surface area contributed by atoms with Crippen molar-refractivity contribution in [2.45, 2.75) is 172 Å². The van der Waals surface area contributed by atoms with E-state index in [-0.39, 0.29) is 31.4 Å². The molecule has 3 heterocycles. The Hall–Kier alpha value is -1.34. The Morgan fingerprint density at radius 1 is 0.865 bits per heavy atom. The summed E-state index contributed by atoms with van der Waals surface area (Å²) < 4.78 is 42.8. The number of carbonyl (C=O) groups is 2. The maximum absolute atomic E-state index is 14.1. The minimum absolute atomic E-state index is 0.0639. The number of cyclic esters (lactones) is 1. The lowest BCUT2D eigenvalue weighted by atomic mass is 9.76. The third kappa shape index (κ3) is 9.36. The summed E-state index contributed by atoms with van der Waals surface area (Å²) in [7, 11) is 6.38. The quantitative estimate of drug-likeness (QED) is 0.176. The molecule has 5 N–H and O–H groups in total. The zero-order valence-electron chi connectivity index (χ0n) is 33.3. The molecule has 3 aliphatic rings. The Morgan fingerprint density at radius 2 is 1.48 bits per heavy atom. The van der Waals surface area contributed by atoms with E-state index >= 15 is 0 Å². The van der Waals surface area contributed by atoms with Gasteiger partial charge in [0.25, 0.3) is 0 Å². The van der Waals surface area contributed by atoms with Gasteiger partial charge in [0.2, 0.25) is 0 Å². The molecule has 3 fully saturated rings. The van der Waals surface area contributed by atoms with Crippen molar-refractivity contribution in [2.24, 2.45) is 23.7 Å². The number of aliphatic hydroxyl groups is 5. The topological polar surface area (TPSA) is 203 Å². The van der Waals surface area contributed by atoms with Crippen LogP contribution in [0.1, 0.15) is 88.0 Å². The second-order valence-corrected chi connectivity index (χ2v) is 16.2. The molecule has 0 amide bonds. The fourth-order valence-corrected chi connectivity index (χ4v) is 8.23. The molecule has 0 aliphatic carbocycles. The summed E-state index contributed by atoms with van der Waals surface area (Å²) in [5.74, 6) is -7.68. The first kappa shape index (κ1) is 45.1. The number of esters is 1. The van der Waals surface area contributed by atoms with E-state index < -0.39 is 108 Å². The number of rotatable bonds is 8. The Bertz CT molecular complexity index is 1190. The van der Waals surface area contributed by atoms with Crippen LogP contribution in [0.2, 0.25) is 0 Å². The third-order valence-corrected chi connectivity index (χ3v) is 11.9. The van der Waals surface area contributed by atoms with Gasteiger partial charge in [-0.25, -0.2) is 0 Å². The van der Waals surface area contributed by atoms with Crippen LogP contribution in [-0.2, 0) is 42.7 Å². The molecule has 0 saturated carbocycles. The summed E-state index contributed by atoms with van der Waals surface area (Å²) in [6, 6.07) is -0.365. The summed E-state index contributed by atoms with van der Waals surface area (Å²) in [6.07, 6.45) is -10.6. The Balaban J connectivity index is 2.22. The van der Waals surface area contributed by atoms with E-state index in [1.807, 2.05) is 25.9 Å². The summed E-state index contributed by atoms with van der Waals surface area (Å²) in [5.41, 5.74) is -3.10. The molecule has 3 aliphatic heterocycles. The van der Waals surface area contributed by atoms with Crippen LogP contribution < -0.4 is 0 Å². The Morgan fingerprint density at radius 3 is 2.02 bits per heavy atom. The lowest BCUT2D eigenvalue weighted by molar-refractivity contribution is -0.349. The minimum Gasteiger partial charge on any atom is -0.459 e. The highest BCUT2D eigenvalue weighted by Gasteiger charge is 2.55. The first-order chi connectivity index (χ1) is 24.0. The summed E-state index contributed by atoms with van der Waals surface area (Å²) in [6.45, 7) is 14.5. The SMILES string of the molecule is CCC1OC(=O)C(C)C(OC2CC(C)(OC)C(O)C(C)O2)C(C)C(OC2OC(C)CC(N(C)C)C2O)C(O)(OC)CC(C)C(=O)C(C)C(O)C1(C)O. The molecule has 0 bridgehead atoms. The van der Waals surface area contributed by atoms with Crippen molar-refractivity contribution in [3.63, 3.8) is 0 Å². The molecular weight excluding hydrogens is 682 g/mol. The van der Waals surface area contributed by atoms with E-state index in [0.717, 1.165) is 0 Å². The van der Waals surface area contributed by atoms with Crippen molar-refractivity contribution >= 4 is 11.8 Å². The number of ketones is 1. The number of carbonyl (C=O) groups excluding carboxylic acids is 2. The van der Waals surface area contributed by atoms with Gasteiger partial charge < -0.3 is 63.6 Å². The number of ether oxygens (including phenoxy) is 7. The third-order valence-electron chi connectivity index (χ3n) is 11.9. The van der Waals surface area contributed by atoms with E-state index in [4.69, 9.17) is 33.2 Å². The molecule has 0 aromatic heterocycles. The normalized spacial score (nSPS) is 49.0. The van der Waals surface area contributed by atoms with Gasteiger partial charge in [0.1, 0.15) is 35.8 Å². The van der Waals surface area contributed by atoms with Crippen LogP contribution in [0.4, 0.5) is 0 Å². The first-order valence-corrected chi connectivity index (χ1v) is 18.6. The molecule has 18 atom stereocenters. The van der Waals surface area contributed by atoms with Crippen molar-refractivity contribution in [3.8, 4) is 0 Å². The lowest BCUT2D eigenvalue weighted by Gasteiger charge is -2.49. The number of hydrogen-bond donors (Lipinski definition) is 5. The summed E-state index contributed by atoms with van der Waals surface area (Å²) in [5, 5.41) is 57.8. The first-order valence-electron chi connectivity index (χ1n) is 18.6. The average Bonchev–Trinajstić information content (AvgIpc) is 3.09. The number of methoxy groups -OCH3 is 2. The van der Waals surface area contributed by atoms with E-state index in [1.54, 1.807) is 41.5 Å². The maximum atomic E-state index is 14.1. The molecule has 0 aromatic rings. The number of Topliss-reactive ketones (excluding diaryl/α,β-unsaturated/α-hetero) is 1. The van der Waals surface area contributed by atoms with Crippen LogP contribution in [-0.4, -0.2) is 155 Å². The van der Waals surface area contributed by atoms with Crippen LogP contribution in [0.15, 0.2) is 0 Å². The Kier molecular flexibility index (Phi) is 15.3.